The molecule has 1 amide bonds. The Morgan fingerprint density at radius 1 is 1.25 bits per heavy atom. The van der Waals surface area contributed by atoms with Crippen molar-refractivity contribution in [1.29, 1.82) is 0 Å². The number of amides is 1. The fourth-order valence-corrected chi connectivity index (χ4v) is 4.47. The highest BCUT2D eigenvalue weighted by atomic mass is 79.9. The first-order valence-electron chi connectivity index (χ1n) is 7.00. The Labute approximate surface area is 153 Å². The molecule has 1 aromatic heterocycles. The van der Waals surface area contributed by atoms with Gasteiger partial charge < -0.3 is 10.1 Å². The molecule has 1 aromatic carbocycles. The van der Waals surface area contributed by atoms with Gasteiger partial charge in [0.1, 0.15) is 0 Å². The van der Waals surface area contributed by atoms with Crippen LogP contribution in [0.25, 0.3) is 0 Å². The van der Waals surface area contributed by atoms with Gasteiger partial charge >= 0.3 is 0 Å². The highest BCUT2D eigenvalue weighted by molar-refractivity contribution is 9.11. The fraction of sp³-hybridized carbons (Fsp3) is 0.267. The lowest BCUT2D eigenvalue weighted by atomic mass is 10.3. The number of benzene rings is 1. The number of ether oxygens (including phenoxy) is 1. The van der Waals surface area contributed by atoms with E-state index in [0.29, 0.717) is 10.6 Å². The molecule has 2 rings (SSSR count). The van der Waals surface area contributed by atoms with E-state index in [-0.39, 0.29) is 23.5 Å². The van der Waals surface area contributed by atoms with Crippen molar-refractivity contribution in [2.75, 3.05) is 19.0 Å². The summed E-state index contributed by atoms with van der Waals surface area (Å²) < 4.78 is 32.7. The number of halogens is 1. The van der Waals surface area contributed by atoms with E-state index in [1.54, 1.807) is 31.2 Å². The number of nitrogens with one attached hydrogen (secondary N) is 2. The quantitative estimate of drug-likeness (QED) is 0.703. The summed E-state index contributed by atoms with van der Waals surface area (Å²) in [6, 6.07) is 9.17. The summed E-state index contributed by atoms with van der Waals surface area (Å²) in [5, 5.41) is 2.73. The summed E-state index contributed by atoms with van der Waals surface area (Å²) in [6.45, 7) is 2.00. The van der Waals surface area contributed by atoms with Gasteiger partial charge in [0.15, 0.2) is 0 Å². The number of sulfonamides is 1. The van der Waals surface area contributed by atoms with Crippen molar-refractivity contribution >= 4 is 48.9 Å². The second-order valence-corrected chi connectivity index (χ2v) is 9.24. The molecule has 2 N–H and O–H groups in total. The Kier molecular flexibility index (Phi) is 6.53. The van der Waals surface area contributed by atoms with Crippen LogP contribution in [-0.4, -0.2) is 34.1 Å². The maximum Gasteiger partial charge on any atom is 0.265 e. The van der Waals surface area contributed by atoms with Crippen molar-refractivity contribution in [3.63, 3.8) is 0 Å². The average Bonchev–Trinajstić information content (AvgIpc) is 2.94. The summed E-state index contributed by atoms with van der Waals surface area (Å²) >= 11 is 4.62. The van der Waals surface area contributed by atoms with Gasteiger partial charge in [-0.2, -0.15) is 0 Å². The SMILES string of the molecule is COCC(C)NS(=O)(=O)c1ccc(NC(=O)c2ccc(Br)s2)cc1. The average molecular weight is 433 g/mol. The minimum atomic E-state index is -3.62. The molecule has 9 heteroatoms. The van der Waals surface area contributed by atoms with Crippen LogP contribution in [0, 0.1) is 0 Å². The zero-order chi connectivity index (χ0) is 17.7. The lowest BCUT2D eigenvalue weighted by Gasteiger charge is -2.13. The van der Waals surface area contributed by atoms with Crippen molar-refractivity contribution < 1.29 is 17.9 Å². The number of hydrogen-bond donors (Lipinski definition) is 2. The molecule has 0 saturated carbocycles. The normalized spacial score (nSPS) is 12.8. The van der Waals surface area contributed by atoms with Crippen LogP contribution in [0.4, 0.5) is 5.69 Å². The summed E-state index contributed by atoms with van der Waals surface area (Å²) in [4.78, 5) is 12.8. The van der Waals surface area contributed by atoms with Crippen LogP contribution in [0.1, 0.15) is 16.6 Å². The van der Waals surface area contributed by atoms with E-state index in [0.717, 1.165) is 3.79 Å². The predicted molar refractivity (Wildman–Crippen MR) is 98.1 cm³/mol. The van der Waals surface area contributed by atoms with Crippen molar-refractivity contribution in [2.24, 2.45) is 0 Å². The van der Waals surface area contributed by atoms with E-state index >= 15 is 0 Å². The van der Waals surface area contributed by atoms with Gasteiger partial charge in [0.05, 0.1) is 20.2 Å². The van der Waals surface area contributed by atoms with E-state index in [4.69, 9.17) is 4.74 Å². The summed E-state index contributed by atoms with van der Waals surface area (Å²) in [5.74, 6) is -0.242. The predicted octanol–water partition coefficient (Wildman–Crippen LogP) is 3.08. The summed E-state index contributed by atoms with van der Waals surface area (Å²) in [6.07, 6.45) is 0. The summed E-state index contributed by atoms with van der Waals surface area (Å²) in [7, 11) is -2.11. The van der Waals surface area contributed by atoms with Gasteiger partial charge in [0.2, 0.25) is 10.0 Å². The van der Waals surface area contributed by atoms with Crippen LogP contribution in [0.5, 0.6) is 0 Å². The third kappa shape index (κ3) is 5.12. The molecule has 130 valence electrons. The third-order valence-corrected chi connectivity index (χ3v) is 6.22. The number of hydrogen-bond acceptors (Lipinski definition) is 5. The number of carbonyl (C=O) groups excluding carboxylic acids is 1. The number of carbonyl (C=O) groups is 1. The molecule has 0 aliphatic heterocycles. The molecule has 0 radical (unpaired) electrons. The third-order valence-electron chi connectivity index (χ3n) is 2.99. The molecule has 1 unspecified atom stereocenters. The minimum absolute atomic E-state index is 0.127. The van der Waals surface area contributed by atoms with E-state index in [1.165, 1.54) is 30.6 Å². The molecule has 0 saturated heterocycles. The van der Waals surface area contributed by atoms with Crippen LogP contribution < -0.4 is 10.0 Å². The van der Waals surface area contributed by atoms with Crippen molar-refractivity contribution in [1.82, 2.24) is 4.72 Å². The molecule has 0 fully saturated rings. The molecule has 6 nitrogen and oxygen atoms in total. The molecule has 24 heavy (non-hydrogen) atoms. The van der Waals surface area contributed by atoms with Crippen LogP contribution in [0.3, 0.4) is 0 Å². The van der Waals surface area contributed by atoms with Gasteiger partial charge in [-0.15, -0.1) is 11.3 Å². The molecule has 2 aromatic rings. The molecule has 1 atom stereocenters. The lowest BCUT2D eigenvalue weighted by molar-refractivity contribution is 0.103. The van der Waals surface area contributed by atoms with Gasteiger partial charge in [-0.1, -0.05) is 0 Å². The maximum absolute atomic E-state index is 12.2. The number of anilines is 1. The summed E-state index contributed by atoms with van der Waals surface area (Å²) in [5.41, 5.74) is 0.522. The van der Waals surface area contributed by atoms with E-state index in [9.17, 15) is 13.2 Å². The lowest BCUT2D eigenvalue weighted by Crippen LogP contribution is -2.35. The number of rotatable bonds is 7. The Hall–Kier alpha value is -1.26. The van der Waals surface area contributed by atoms with Crippen LogP contribution >= 0.6 is 27.3 Å². The molecule has 0 spiro atoms. The van der Waals surface area contributed by atoms with Crippen molar-refractivity contribution in [3.05, 3.63) is 45.1 Å². The zero-order valence-corrected chi connectivity index (χ0v) is 16.3. The topological polar surface area (TPSA) is 84.5 Å². The van der Waals surface area contributed by atoms with Crippen molar-refractivity contribution in [2.45, 2.75) is 17.9 Å². The second kappa shape index (κ2) is 8.21. The Morgan fingerprint density at radius 2 is 1.92 bits per heavy atom. The van der Waals surface area contributed by atoms with E-state index in [1.807, 2.05) is 0 Å². The number of methoxy groups -OCH3 is 1. The largest absolute Gasteiger partial charge is 0.383 e. The second-order valence-electron chi connectivity index (χ2n) is 5.06. The Morgan fingerprint density at radius 3 is 2.46 bits per heavy atom. The molecule has 0 aliphatic rings. The van der Waals surface area contributed by atoms with Gasteiger partial charge in [-0.3, -0.25) is 4.79 Å². The fourth-order valence-electron chi connectivity index (χ4n) is 1.96. The van der Waals surface area contributed by atoms with Crippen LogP contribution in [-0.2, 0) is 14.8 Å². The molecular weight excluding hydrogens is 416 g/mol. The van der Waals surface area contributed by atoms with E-state index < -0.39 is 10.0 Å². The minimum Gasteiger partial charge on any atom is -0.383 e. The monoisotopic (exact) mass is 432 g/mol. The van der Waals surface area contributed by atoms with Gasteiger partial charge in [0.25, 0.3) is 5.91 Å². The standard InChI is InChI=1S/C15H17BrN2O4S2/c1-10(9-22-2)18-24(20,21)12-5-3-11(4-6-12)17-15(19)13-7-8-14(16)23-13/h3-8,10,18H,9H2,1-2H3,(H,17,19). The van der Waals surface area contributed by atoms with Gasteiger partial charge in [-0.25, -0.2) is 13.1 Å². The van der Waals surface area contributed by atoms with Gasteiger partial charge in [0, 0.05) is 18.8 Å². The molecular formula is C15H17BrN2O4S2. The highest BCUT2D eigenvalue weighted by Crippen LogP contribution is 2.23. The Balaban J connectivity index is 2.06. The molecule has 0 bridgehead atoms. The first-order valence-corrected chi connectivity index (χ1v) is 10.1. The smallest absolute Gasteiger partial charge is 0.265 e. The first kappa shape index (κ1) is 19.1. The first-order chi connectivity index (χ1) is 11.3. The molecule has 1 heterocycles. The maximum atomic E-state index is 12.2. The Bertz CT molecular complexity index is 803. The van der Waals surface area contributed by atoms with Crippen LogP contribution in [0.2, 0.25) is 0 Å². The number of thiophene rings is 1. The highest BCUT2D eigenvalue weighted by Gasteiger charge is 2.17. The van der Waals surface area contributed by atoms with Gasteiger partial charge in [-0.05, 0) is 59.3 Å². The van der Waals surface area contributed by atoms with Crippen molar-refractivity contribution in [3.8, 4) is 0 Å². The van der Waals surface area contributed by atoms with Crippen LogP contribution in [0.15, 0.2) is 45.1 Å². The zero-order valence-electron chi connectivity index (χ0n) is 13.1. The molecule has 0 aliphatic carbocycles. The van der Waals surface area contributed by atoms with E-state index in [2.05, 4.69) is 26.0 Å².